The molecule has 1 aromatic rings. The number of nitrogens with two attached hydrogens (primary N) is 1. The van der Waals surface area contributed by atoms with Crippen LogP contribution in [-0.2, 0) is 14.8 Å². The van der Waals surface area contributed by atoms with Gasteiger partial charge in [0, 0.05) is 23.8 Å². The minimum Gasteiger partial charge on any atom is -0.383 e. The third kappa shape index (κ3) is 3.07. The second-order valence-corrected chi connectivity index (χ2v) is 7.44. The van der Waals surface area contributed by atoms with Crippen LogP contribution in [0.2, 0.25) is 0 Å². The van der Waals surface area contributed by atoms with Crippen molar-refractivity contribution in [2.75, 3.05) is 18.8 Å². The van der Waals surface area contributed by atoms with Gasteiger partial charge in [0.15, 0.2) is 0 Å². The zero-order valence-corrected chi connectivity index (χ0v) is 13.1. The van der Waals surface area contributed by atoms with Gasteiger partial charge in [0.05, 0.1) is 12.2 Å². The summed E-state index contributed by atoms with van der Waals surface area (Å²) in [6.07, 6.45) is 1.19. The summed E-state index contributed by atoms with van der Waals surface area (Å²) in [5, 5.41) is 0. The van der Waals surface area contributed by atoms with Crippen LogP contribution in [0.5, 0.6) is 0 Å². The smallest absolute Gasteiger partial charge is 0.246 e. The van der Waals surface area contributed by atoms with Crippen molar-refractivity contribution in [3.05, 3.63) is 16.7 Å². The Morgan fingerprint density at radius 3 is 2.58 bits per heavy atom. The molecule has 106 valence electrons. The van der Waals surface area contributed by atoms with Gasteiger partial charge in [-0.3, -0.25) is 0 Å². The van der Waals surface area contributed by atoms with E-state index in [9.17, 15) is 8.42 Å². The molecule has 1 aromatic heterocycles. The molecule has 1 aliphatic heterocycles. The van der Waals surface area contributed by atoms with Crippen LogP contribution < -0.4 is 5.73 Å². The van der Waals surface area contributed by atoms with Crippen molar-refractivity contribution in [3.63, 3.8) is 0 Å². The first-order chi connectivity index (χ1) is 8.80. The minimum absolute atomic E-state index is 0.00926. The van der Waals surface area contributed by atoms with Gasteiger partial charge in [0.2, 0.25) is 10.0 Å². The van der Waals surface area contributed by atoms with Crippen molar-refractivity contribution in [2.45, 2.75) is 31.0 Å². The number of hydrogen-bond acceptors (Lipinski definition) is 5. The molecule has 1 fully saturated rings. The standard InChI is InChI=1S/C11H16BrN3O3S/c1-7-5-15(6-8(2)18-7)19(16,17)10-3-9(12)4-14-11(10)13/h3-4,7-8H,5-6H2,1-2H3,(H2,13,14)/t7-,8+. The van der Waals surface area contributed by atoms with Gasteiger partial charge < -0.3 is 10.5 Å². The number of rotatable bonds is 2. The molecule has 0 aromatic carbocycles. The molecule has 0 aliphatic carbocycles. The molecule has 8 heteroatoms. The highest BCUT2D eigenvalue weighted by molar-refractivity contribution is 9.10. The molecular weight excluding hydrogens is 334 g/mol. The Morgan fingerprint density at radius 2 is 2.00 bits per heavy atom. The number of anilines is 1. The largest absolute Gasteiger partial charge is 0.383 e. The summed E-state index contributed by atoms with van der Waals surface area (Å²) < 4.78 is 32.7. The van der Waals surface area contributed by atoms with E-state index in [-0.39, 0.29) is 22.9 Å². The molecule has 19 heavy (non-hydrogen) atoms. The van der Waals surface area contributed by atoms with E-state index < -0.39 is 10.0 Å². The lowest BCUT2D eigenvalue weighted by atomic mass is 10.3. The number of halogens is 1. The van der Waals surface area contributed by atoms with E-state index in [2.05, 4.69) is 20.9 Å². The molecule has 0 unspecified atom stereocenters. The van der Waals surface area contributed by atoms with E-state index in [1.807, 2.05) is 13.8 Å². The zero-order chi connectivity index (χ0) is 14.2. The summed E-state index contributed by atoms with van der Waals surface area (Å²) in [6, 6.07) is 1.47. The lowest BCUT2D eigenvalue weighted by Gasteiger charge is -2.34. The Balaban J connectivity index is 2.39. The first-order valence-electron chi connectivity index (χ1n) is 5.87. The monoisotopic (exact) mass is 349 g/mol. The van der Waals surface area contributed by atoms with Gasteiger partial charge in [0.1, 0.15) is 10.7 Å². The maximum absolute atomic E-state index is 12.6. The zero-order valence-electron chi connectivity index (χ0n) is 10.7. The van der Waals surface area contributed by atoms with Gasteiger partial charge in [-0.15, -0.1) is 0 Å². The molecule has 1 saturated heterocycles. The number of aromatic nitrogens is 1. The van der Waals surface area contributed by atoms with Crippen LogP contribution >= 0.6 is 15.9 Å². The Hall–Kier alpha value is -0.700. The second-order valence-electron chi connectivity index (χ2n) is 4.62. The minimum atomic E-state index is -3.65. The maximum Gasteiger partial charge on any atom is 0.246 e. The number of ether oxygens (including phenoxy) is 1. The van der Waals surface area contributed by atoms with E-state index >= 15 is 0 Å². The van der Waals surface area contributed by atoms with E-state index in [1.54, 1.807) is 0 Å². The quantitative estimate of drug-likeness (QED) is 0.867. The van der Waals surface area contributed by atoms with Crippen LogP contribution in [0.1, 0.15) is 13.8 Å². The molecule has 2 atom stereocenters. The van der Waals surface area contributed by atoms with E-state index in [0.717, 1.165) is 0 Å². The average molecular weight is 350 g/mol. The van der Waals surface area contributed by atoms with Gasteiger partial charge in [-0.05, 0) is 35.8 Å². The molecule has 1 aliphatic rings. The van der Waals surface area contributed by atoms with Crippen LogP contribution in [-0.4, -0.2) is 43.0 Å². The Kier molecular flexibility index (Phi) is 4.14. The number of morpholine rings is 1. The van der Waals surface area contributed by atoms with Crippen LogP contribution in [0.4, 0.5) is 5.82 Å². The topological polar surface area (TPSA) is 85.5 Å². The van der Waals surface area contributed by atoms with Gasteiger partial charge in [-0.1, -0.05) is 0 Å². The van der Waals surface area contributed by atoms with Crippen LogP contribution in [0, 0.1) is 0 Å². The van der Waals surface area contributed by atoms with Crippen molar-refractivity contribution in [1.82, 2.24) is 9.29 Å². The van der Waals surface area contributed by atoms with Crippen molar-refractivity contribution in [1.29, 1.82) is 0 Å². The lowest BCUT2D eigenvalue weighted by Crippen LogP contribution is -2.48. The van der Waals surface area contributed by atoms with E-state index in [1.165, 1.54) is 16.6 Å². The van der Waals surface area contributed by atoms with E-state index in [4.69, 9.17) is 10.5 Å². The maximum atomic E-state index is 12.6. The third-order valence-corrected chi connectivity index (χ3v) is 5.15. The summed E-state index contributed by atoms with van der Waals surface area (Å²) in [7, 11) is -3.65. The first-order valence-corrected chi connectivity index (χ1v) is 8.10. The van der Waals surface area contributed by atoms with Crippen LogP contribution in [0.15, 0.2) is 21.6 Å². The molecule has 0 bridgehead atoms. The van der Waals surface area contributed by atoms with Crippen LogP contribution in [0.3, 0.4) is 0 Å². The number of hydrogen-bond donors (Lipinski definition) is 1. The number of sulfonamides is 1. The molecular formula is C11H16BrN3O3S. The average Bonchev–Trinajstić information content (AvgIpc) is 2.31. The van der Waals surface area contributed by atoms with Crippen LogP contribution in [0.25, 0.3) is 0 Å². The molecule has 2 N–H and O–H groups in total. The summed E-state index contributed by atoms with van der Waals surface area (Å²) in [5.74, 6) is 0.00926. The lowest BCUT2D eigenvalue weighted by molar-refractivity contribution is -0.0440. The van der Waals surface area contributed by atoms with Gasteiger partial charge in [-0.25, -0.2) is 13.4 Å². The molecule has 0 saturated carbocycles. The van der Waals surface area contributed by atoms with Crippen molar-refractivity contribution in [3.8, 4) is 0 Å². The fourth-order valence-corrected chi connectivity index (χ4v) is 4.27. The van der Waals surface area contributed by atoms with Gasteiger partial charge >= 0.3 is 0 Å². The molecule has 2 rings (SSSR count). The summed E-state index contributed by atoms with van der Waals surface area (Å²) in [6.45, 7) is 4.33. The Bertz CT molecular complexity index is 569. The molecule has 0 amide bonds. The van der Waals surface area contributed by atoms with Crippen molar-refractivity contribution >= 4 is 31.8 Å². The molecule has 6 nitrogen and oxygen atoms in total. The van der Waals surface area contributed by atoms with Crippen molar-refractivity contribution in [2.24, 2.45) is 0 Å². The van der Waals surface area contributed by atoms with Gasteiger partial charge in [0.25, 0.3) is 0 Å². The SMILES string of the molecule is C[C@@H]1CN(S(=O)(=O)c2cc(Br)cnc2N)C[C@H](C)O1. The predicted octanol–water partition coefficient (Wildman–Crippen LogP) is 1.22. The Labute approximate surface area is 121 Å². The predicted molar refractivity (Wildman–Crippen MR) is 75.1 cm³/mol. The molecule has 0 spiro atoms. The summed E-state index contributed by atoms with van der Waals surface area (Å²) in [4.78, 5) is 3.90. The fourth-order valence-electron chi connectivity index (χ4n) is 2.10. The van der Waals surface area contributed by atoms with Crippen molar-refractivity contribution < 1.29 is 13.2 Å². The number of nitrogen functional groups attached to an aromatic ring is 1. The normalized spacial score (nSPS) is 25.4. The second kappa shape index (κ2) is 5.35. The molecule has 0 radical (unpaired) electrons. The third-order valence-electron chi connectivity index (χ3n) is 2.85. The summed E-state index contributed by atoms with van der Waals surface area (Å²) in [5.41, 5.74) is 5.68. The first kappa shape index (κ1) is 14.7. The number of pyridine rings is 1. The summed E-state index contributed by atoms with van der Waals surface area (Å²) >= 11 is 3.21. The highest BCUT2D eigenvalue weighted by atomic mass is 79.9. The molecule has 2 heterocycles. The highest BCUT2D eigenvalue weighted by Crippen LogP contribution is 2.26. The highest BCUT2D eigenvalue weighted by Gasteiger charge is 2.33. The Morgan fingerprint density at radius 1 is 1.42 bits per heavy atom. The van der Waals surface area contributed by atoms with E-state index in [0.29, 0.717) is 17.6 Å². The number of nitrogens with zero attached hydrogens (tertiary/aromatic N) is 2. The fraction of sp³-hybridized carbons (Fsp3) is 0.545. The van der Waals surface area contributed by atoms with Gasteiger partial charge in [-0.2, -0.15) is 4.31 Å².